The Morgan fingerprint density at radius 2 is 1.97 bits per heavy atom. The lowest BCUT2D eigenvalue weighted by atomic mass is 9.73. The first kappa shape index (κ1) is 23.2. The number of pyridine rings is 1. The summed E-state index contributed by atoms with van der Waals surface area (Å²) in [5.41, 5.74) is 2.88. The topological polar surface area (TPSA) is 73.7 Å². The zero-order valence-electron chi connectivity index (χ0n) is 19.1. The van der Waals surface area contributed by atoms with Crippen molar-refractivity contribution in [2.45, 2.75) is 19.0 Å². The van der Waals surface area contributed by atoms with Gasteiger partial charge in [-0.25, -0.2) is 0 Å². The predicted octanol–water partition coefficient (Wildman–Crippen LogP) is 2.84. The number of aromatic nitrogens is 1. The van der Waals surface area contributed by atoms with E-state index in [2.05, 4.69) is 23.4 Å². The molecule has 2 fully saturated rings. The van der Waals surface area contributed by atoms with Gasteiger partial charge in [0.2, 0.25) is 5.91 Å². The molecule has 3 heterocycles. The van der Waals surface area contributed by atoms with Crippen LogP contribution in [0.2, 0.25) is 0 Å². The van der Waals surface area contributed by atoms with Crippen molar-refractivity contribution >= 4 is 11.8 Å². The summed E-state index contributed by atoms with van der Waals surface area (Å²) in [6, 6.07) is 14.3. The fraction of sp³-hybridized carbons (Fsp3) is 0.250. The van der Waals surface area contributed by atoms with Gasteiger partial charge in [-0.3, -0.25) is 14.6 Å². The summed E-state index contributed by atoms with van der Waals surface area (Å²) in [6.45, 7) is 6.34. The summed E-state index contributed by atoms with van der Waals surface area (Å²) < 4.78 is 0. The van der Waals surface area contributed by atoms with Crippen molar-refractivity contribution in [1.29, 1.82) is 0 Å². The van der Waals surface area contributed by atoms with Crippen LogP contribution >= 0.6 is 0 Å². The molecule has 1 aromatic heterocycles. The second kappa shape index (κ2) is 10.3. The molecule has 6 heteroatoms. The van der Waals surface area contributed by atoms with Crippen LogP contribution in [0.5, 0.6) is 0 Å². The predicted molar refractivity (Wildman–Crippen MR) is 130 cm³/mol. The molecule has 0 bridgehead atoms. The van der Waals surface area contributed by atoms with E-state index in [9.17, 15) is 14.7 Å². The van der Waals surface area contributed by atoms with Crippen molar-refractivity contribution in [3.8, 4) is 11.8 Å². The molecule has 4 rings (SSSR count). The number of allylic oxidation sites excluding steroid dienone is 4. The molecule has 2 aromatic rings. The number of benzene rings is 1. The minimum Gasteiger partial charge on any atom is -0.394 e. The highest BCUT2D eigenvalue weighted by atomic mass is 16.3. The Bertz CT molecular complexity index is 1190. The monoisotopic (exact) mass is 453 g/mol. The first-order chi connectivity index (χ1) is 16.5. The van der Waals surface area contributed by atoms with E-state index in [4.69, 9.17) is 0 Å². The van der Waals surface area contributed by atoms with Crippen LogP contribution in [-0.2, 0) is 4.79 Å². The Balaban J connectivity index is 1.48. The Kier molecular flexibility index (Phi) is 7.05. The Morgan fingerprint density at radius 3 is 2.65 bits per heavy atom. The van der Waals surface area contributed by atoms with Crippen LogP contribution in [0, 0.1) is 17.8 Å². The second-order valence-corrected chi connectivity index (χ2v) is 8.31. The maximum absolute atomic E-state index is 12.9. The number of hydrogen-bond acceptors (Lipinski definition) is 4. The van der Waals surface area contributed by atoms with Gasteiger partial charge in [-0.2, -0.15) is 0 Å². The van der Waals surface area contributed by atoms with Gasteiger partial charge in [0.25, 0.3) is 5.91 Å². The van der Waals surface area contributed by atoms with Crippen LogP contribution in [-0.4, -0.2) is 63.5 Å². The molecule has 0 spiro atoms. The van der Waals surface area contributed by atoms with Crippen LogP contribution in [0.25, 0.3) is 0 Å². The largest absolute Gasteiger partial charge is 0.394 e. The summed E-state index contributed by atoms with van der Waals surface area (Å²) in [7, 11) is 0. The molecule has 0 saturated carbocycles. The average Bonchev–Trinajstić information content (AvgIpc) is 2.86. The number of aliphatic hydroxyl groups excluding tert-OH is 1. The van der Waals surface area contributed by atoms with Gasteiger partial charge in [0.15, 0.2) is 0 Å². The summed E-state index contributed by atoms with van der Waals surface area (Å²) in [5, 5.41) is 9.97. The minimum absolute atomic E-state index is 0.0186. The minimum atomic E-state index is -0.341. The maximum Gasteiger partial charge on any atom is 0.272 e. The summed E-state index contributed by atoms with van der Waals surface area (Å²) in [6.07, 6.45) is 7.28. The lowest BCUT2D eigenvalue weighted by molar-refractivity contribution is -0.163. The number of nitrogens with zero attached hydrogens (tertiary/aromatic N) is 3. The quantitative estimate of drug-likeness (QED) is 0.558. The molecular formula is C28H27N3O3. The first-order valence-corrected chi connectivity index (χ1v) is 11.3. The van der Waals surface area contributed by atoms with Crippen LogP contribution in [0.15, 0.2) is 90.7 Å². The summed E-state index contributed by atoms with van der Waals surface area (Å²) in [5.74, 6) is 5.70. The maximum atomic E-state index is 12.9. The number of piperazine rings is 1. The van der Waals surface area contributed by atoms with Crippen molar-refractivity contribution in [1.82, 2.24) is 14.8 Å². The molecule has 0 unspecified atom stereocenters. The second-order valence-electron chi connectivity index (χ2n) is 8.31. The van der Waals surface area contributed by atoms with E-state index in [1.807, 2.05) is 55.5 Å². The third-order valence-electron chi connectivity index (χ3n) is 6.26. The average molecular weight is 454 g/mol. The molecule has 2 saturated heterocycles. The number of carbonyl (C=O) groups is 2. The van der Waals surface area contributed by atoms with Gasteiger partial charge in [-0.1, -0.05) is 54.8 Å². The van der Waals surface area contributed by atoms with Crippen LogP contribution in [0.4, 0.5) is 0 Å². The van der Waals surface area contributed by atoms with Crippen molar-refractivity contribution in [2.24, 2.45) is 5.92 Å². The molecule has 0 aliphatic carbocycles. The number of fused-ring (bicyclic) bond motifs is 1. The number of aliphatic hydroxyl groups is 1. The van der Waals surface area contributed by atoms with Gasteiger partial charge >= 0.3 is 0 Å². The van der Waals surface area contributed by atoms with Gasteiger partial charge in [-0.15, -0.1) is 0 Å². The fourth-order valence-electron chi connectivity index (χ4n) is 4.54. The summed E-state index contributed by atoms with van der Waals surface area (Å²) in [4.78, 5) is 33.0. The molecule has 2 aliphatic heterocycles. The third-order valence-corrected chi connectivity index (χ3v) is 6.26. The molecule has 3 atom stereocenters. The van der Waals surface area contributed by atoms with E-state index < -0.39 is 0 Å². The highest BCUT2D eigenvalue weighted by molar-refractivity contribution is 5.96. The molecule has 1 N–H and O–H groups in total. The Morgan fingerprint density at radius 1 is 1.21 bits per heavy atom. The number of amides is 2. The van der Waals surface area contributed by atoms with Crippen molar-refractivity contribution in [3.63, 3.8) is 0 Å². The van der Waals surface area contributed by atoms with E-state index in [1.54, 1.807) is 29.3 Å². The number of carbonyl (C=O) groups excluding carboxylic acids is 2. The molecule has 34 heavy (non-hydrogen) atoms. The van der Waals surface area contributed by atoms with E-state index in [0.29, 0.717) is 12.2 Å². The first-order valence-electron chi connectivity index (χ1n) is 11.3. The molecule has 0 radical (unpaired) electrons. The molecule has 1 aromatic carbocycles. The molecular weight excluding hydrogens is 426 g/mol. The van der Waals surface area contributed by atoms with Gasteiger partial charge in [0.05, 0.1) is 18.7 Å². The van der Waals surface area contributed by atoms with Crippen LogP contribution in [0.3, 0.4) is 0 Å². The Labute approximate surface area is 199 Å². The van der Waals surface area contributed by atoms with Crippen molar-refractivity contribution in [3.05, 3.63) is 102 Å². The fourth-order valence-corrected chi connectivity index (χ4v) is 4.54. The number of rotatable bonds is 5. The highest BCUT2D eigenvalue weighted by Crippen LogP contribution is 2.40. The Hall–Kier alpha value is -3.95. The lowest BCUT2D eigenvalue weighted by Gasteiger charge is -2.58. The van der Waals surface area contributed by atoms with E-state index in [-0.39, 0.29) is 43.0 Å². The highest BCUT2D eigenvalue weighted by Gasteiger charge is 2.54. The van der Waals surface area contributed by atoms with E-state index >= 15 is 0 Å². The zero-order chi connectivity index (χ0) is 24.1. The van der Waals surface area contributed by atoms with Gasteiger partial charge in [0.1, 0.15) is 12.2 Å². The molecule has 6 nitrogen and oxygen atoms in total. The van der Waals surface area contributed by atoms with Crippen LogP contribution < -0.4 is 0 Å². The van der Waals surface area contributed by atoms with Gasteiger partial charge in [-0.05, 0) is 42.8 Å². The van der Waals surface area contributed by atoms with Crippen molar-refractivity contribution < 1.29 is 14.7 Å². The standard InChI is InChI=1S/C28H27N3O3/c1-3-21(14-15-22-9-5-4-6-10-22)13-12-20(2)27-24-17-30(18-26(33)31(24)25(27)19-32)28(34)23-11-7-8-16-29-23/h3-13,16,24-25,27,32H,2,17-19H2,1H3/b13-12-,21-3+/t24-,25-,27-/m0/s1. The normalized spacial score (nSPS) is 22.0. The zero-order valence-corrected chi connectivity index (χ0v) is 19.1. The lowest BCUT2D eigenvalue weighted by Crippen LogP contribution is -2.74. The van der Waals surface area contributed by atoms with Crippen molar-refractivity contribution in [2.75, 3.05) is 19.7 Å². The number of hydrogen-bond donors (Lipinski definition) is 1. The smallest absolute Gasteiger partial charge is 0.272 e. The molecule has 2 amide bonds. The molecule has 172 valence electrons. The third kappa shape index (κ3) is 4.70. The van der Waals surface area contributed by atoms with Gasteiger partial charge < -0.3 is 14.9 Å². The van der Waals surface area contributed by atoms with Crippen LogP contribution in [0.1, 0.15) is 23.0 Å². The van der Waals surface area contributed by atoms with E-state index in [1.165, 1.54) is 4.90 Å². The molecule has 2 aliphatic rings. The summed E-state index contributed by atoms with van der Waals surface area (Å²) >= 11 is 0. The SMILES string of the molecule is C=C(/C=C\C(C#Cc1ccccc1)=C/C)[C@@H]1[C@H](CO)N2C(=O)CN(C(=O)c3ccccn3)C[C@@H]12. The van der Waals surface area contributed by atoms with Gasteiger partial charge in [0, 0.05) is 29.8 Å². The van der Waals surface area contributed by atoms with E-state index in [0.717, 1.165) is 16.7 Å².